The van der Waals surface area contributed by atoms with Crippen LogP contribution >= 0.6 is 0 Å². The lowest BCUT2D eigenvalue weighted by molar-refractivity contribution is -0.0613. The summed E-state index contributed by atoms with van der Waals surface area (Å²) < 4.78 is 5.42. The van der Waals surface area contributed by atoms with E-state index in [0.29, 0.717) is 5.92 Å². The van der Waals surface area contributed by atoms with Crippen LogP contribution in [-0.2, 0) is 0 Å². The maximum Gasteiger partial charge on any atom is 0.167 e. The summed E-state index contributed by atoms with van der Waals surface area (Å²) in [4.78, 5) is 13.8. The molecule has 142 valence electrons. The molecule has 0 radical (unpaired) electrons. The lowest BCUT2D eigenvalue weighted by Gasteiger charge is -2.59. The second kappa shape index (κ2) is 6.55. The number of carbonyl (C=O) groups is 1. The maximum absolute atomic E-state index is 13.8. The molecule has 2 heteroatoms. The molecule has 2 nitrogen and oxygen atoms in total. The smallest absolute Gasteiger partial charge is 0.167 e. The molecule has 0 aliphatic heterocycles. The van der Waals surface area contributed by atoms with Gasteiger partial charge in [-0.1, -0.05) is 46.3 Å². The number of Topliss-reactive ketones (excluding diaryl/α,β-unsaturated/α-hetero) is 1. The van der Waals surface area contributed by atoms with Crippen molar-refractivity contribution in [1.29, 1.82) is 0 Å². The van der Waals surface area contributed by atoms with E-state index in [1.54, 1.807) is 7.11 Å². The quantitative estimate of drug-likeness (QED) is 0.475. The summed E-state index contributed by atoms with van der Waals surface area (Å²) in [6, 6.07) is 5.90. The Morgan fingerprint density at radius 1 is 1.19 bits per heavy atom. The van der Waals surface area contributed by atoms with Crippen molar-refractivity contribution in [3.05, 3.63) is 41.5 Å². The first-order chi connectivity index (χ1) is 12.1. The van der Waals surface area contributed by atoms with Crippen LogP contribution in [0.2, 0.25) is 0 Å². The van der Waals surface area contributed by atoms with E-state index in [9.17, 15) is 4.79 Å². The second-order valence-electron chi connectivity index (χ2n) is 9.63. The summed E-state index contributed by atoms with van der Waals surface area (Å²) in [5, 5.41) is 0. The van der Waals surface area contributed by atoms with Gasteiger partial charge in [-0.3, -0.25) is 4.79 Å². The molecule has 0 aromatic heterocycles. The highest BCUT2D eigenvalue weighted by Crippen LogP contribution is 2.62. The highest BCUT2D eigenvalue weighted by Gasteiger charge is 2.56. The number of benzene rings is 1. The van der Waals surface area contributed by atoms with Crippen LogP contribution in [0.3, 0.4) is 0 Å². The Bertz CT molecular complexity index is 730. The third-order valence-corrected chi connectivity index (χ3v) is 7.45. The monoisotopic (exact) mass is 354 g/mol. The minimum Gasteiger partial charge on any atom is -0.497 e. The number of carbonyl (C=O) groups excluding carboxylic acids is 1. The molecule has 4 atom stereocenters. The van der Waals surface area contributed by atoms with E-state index in [1.807, 2.05) is 25.1 Å². The summed E-state index contributed by atoms with van der Waals surface area (Å²) in [5.74, 6) is 1.78. The Hall–Kier alpha value is -1.57. The van der Waals surface area contributed by atoms with Crippen LogP contribution in [0, 0.1) is 35.5 Å². The Balaban J connectivity index is 2.07. The van der Waals surface area contributed by atoms with E-state index in [2.05, 4.69) is 34.3 Å². The number of aryl methyl sites for hydroxylation is 1. The molecular formula is C24H34O2. The Morgan fingerprint density at radius 3 is 2.54 bits per heavy atom. The Kier molecular flexibility index (Phi) is 4.83. The van der Waals surface area contributed by atoms with Crippen LogP contribution in [0.4, 0.5) is 0 Å². The molecule has 26 heavy (non-hydrogen) atoms. The van der Waals surface area contributed by atoms with E-state index < -0.39 is 0 Å². The van der Waals surface area contributed by atoms with Gasteiger partial charge in [0.15, 0.2) is 5.78 Å². The Labute approximate surface area is 159 Å². The molecule has 0 saturated heterocycles. The van der Waals surface area contributed by atoms with Gasteiger partial charge < -0.3 is 4.74 Å². The average Bonchev–Trinajstić information content (AvgIpc) is 2.56. The average molecular weight is 355 g/mol. The van der Waals surface area contributed by atoms with E-state index in [1.165, 1.54) is 18.4 Å². The molecule has 0 spiro atoms. The Morgan fingerprint density at radius 2 is 1.88 bits per heavy atom. The zero-order valence-electron chi connectivity index (χ0n) is 17.3. The fourth-order valence-corrected chi connectivity index (χ4v) is 6.02. The van der Waals surface area contributed by atoms with Gasteiger partial charge >= 0.3 is 0 Å². The standard InChI is InChI=1S/C24H34O2/c1-15-11-18(14-19(12-15)26-7)22(25)21-17(3)16(2)13-20-23(4,5)9-8-10-24(20,21)6/h11-12,14,17,20-21H,2,8-10,13H2,1,3-7H3/t17?,20-,21+,24-/m0/s1. The van der Waals surface area contributed by atoms with Crippen molar-refractivity contribution in [2.24, 2.45) is 28.6 Å². The molecule has 2 aliphatic rings. The zero-order valence-corrected chi connectivity index (χ0v) is 17.3. The predicted molar refractivity (Wildman–Crippen MR) is 108 cm³/mol. The number of fused-ring (bicyclic) bond motifs is 1. The SMILES string of the molecule is C=C1C[C@H]2C(C)(C)CCC[C@]2(C)[C@@H](C(=O)c2cc(C)cc(OC)c2)C1C. The molecule has 0 N–H and O–H groups in total. The molecule has 0 heterocycles. The molecule has 2 saturated carbocycles. The molecule has 1 unspecified atom stereocenters. The van der Waals surface area contributed by atoms with E-state index >= 15 is 0 Å². The van der Waals surface area contributed by atoms with Crippen molar-refractivity contribution in [3.63, 3.8) is 0 Å². The molecule has 2 fully saturated rings. The van der Waals surface area contributed by atoms with Crippen LogP contribution in [0.5, 0.6) is 5.75 Å². The van der Waals surface area contributed by atoms with Crippen LogP contribution in [0.15, 0.2) is 30.4 Å². The highest BCUT2D eigenvalue weighted by atomic mass is 16.5. The van der Waals surface area contributed by atoms with Gasteiger partial charge in [0.2, 0.25) is 0 Å². The summed E-state index contributed by atoms with van der Waals surface area (Å²) in [5.41, 5.74) is 3.41. The van der Waals surface area contributed by atoms with Crippen molar-refractivity contribution in [2.75, 3.05) is 7.11 Å². The first-order valence-electron chi connectivity index (χ1n) is 9.98. The van der Waals surface area contributed by atoms with Gasteiger partial charge in [0.05, 0.1) is 7.11 Å². The van der Waals surface area contributed by atoms with Gasteiger partial charge in [-0.15, -0.1) is 0 Å². The molecule has 0 amide bonds. The summed E-state index contributed by atoms with van der Waals surface area (Å²) >= 11 is 0. The topological polar surface area (TPSA) is 26.3 Å². The molecule has 1 aromatic rings. The molecule has 0 bridgehead atoms. The second-order valence-corrected chi connectivity index (χ2v) is 9.63. The number of rotatable bonds is 3. The number of ketones is 1. The number of allylic oxidation sites excluding steroid dienone is 1. The minimum absolute atomic E-state index is 0.000156. The summed E-state index contributed by atoms with van der Waals surface area (Å²) in [6.07, 6.45) is 4.65. The summed E-state index contributed by atoms with van der Waals surface area (Å²) in [7, 11) is 1.66. The number of ether oxygens (including phenoxy) is 1. The normalized spacial score (nSPS) is 33.5. The first-order valence-corrected chi connectivity index (χ1v) is 9.98. The number of hydrogen-bond acceptors (Lipinski definition) is 2. The zero-order chi connectivity index (χ0) is 19.3. The van der Waals surface area contributed by atoms with Crippen molar-refractivity contribution >= 4 is 5.78 Å². The van der Waals surface area contributed by atoms with Crippen LogP contribution in [0.25, 0.3) is 0 Å². The number of methoxy groups -OCH3 is 1. The van der Waals surface area contributed by atoms with Crippen molar-refractivity contribution in [2.45, 2.75) is 60.3 Å². The number of hydrogen-bond donors (Lipinski definition) is 0. The maximum atomic E-state index is 13.8. The van der Waals surface area contributed by atoms with E-state index in [4.69, 9.17) is 4.74 Å². The van der Waals surface area contributed by atoms with Crippen LogP contribution in [-0.4, -0.2) is 12.9 Å². The van der Waals surface area contributed by atoms with Crippen LogP contribution in [0.1, 0.15) is 69.3 Å². The van der Waals surface area contributed by atoms with Crippen molar-refractivity contribution in [1.82, 2.24) is 0 Å². The van der Waals surface area contributed by atoms with Crippen molar-refractivity contribution < 1.29 is 9.53 Å². The van der Waals surface area contributed by atoms with Crippen LogP contribution < -0.4 is 4.74 Å². The fourth-order valence-electron chi connectivity index (χ4n) is 6.02. The predicted octanol–water partition coefficient (Wildman–Crippen LogP) is 6.23. The fraction of sp³-hybridized carbons (Fsp3) is 0.625. The summed E-state index contributed by atoms with van der Waals surface area (Å²) in [6.45, 7) is 15.8. The molecular weight excluding hydrogens is 320 g/mol. The van der Waals surface area contributed by atoms with E-state index in [0.717, 1.165) is 29.7 Å². The first kappa shape index (κ1) is 19.2. The third kappa shape index (κ3) is 3.02. The lowest BCUT2D eigenvalue weighted by Crippen LogP contribution is -2.54. The van der Waals surface area contributed by atoms with E-state index in [-0.39, 0.29) is 28.4 Å². The molecule has 2 aliphatic carbocycles. The largest absolute Gasteiger partial charge is 0.497 e. The highest BCUT2D eigenvalue weighted by molar-refractivity contribution is 5.99. The third-order valence-electron chi connectivity index (χ3n) is 7.45. The van der Waals surface area contributed by atoms with Crippen molar-refractivity contribution in [3.8, 4) is 5.75 Å². The van der Waals surface area contributed by atoms with Gasteiger partial charge in [0.25, 0.3) is 0 Å². The van der Waals surface area contributed by atoms with Gasteiger partial charge in [-0.2, -0.15) is 0 Å². The molecule has 1 aromatic carbocycles. The van der Waals surface area contributed by atoms with Gasteiger partial charge in [-0.05, 0) is 72.6 Å². The lowest BCUT2D eigenvalue weighted by atomic mass is 9.45. The van der Waals surface area contributed by atoms with Gasteiger partial charge in [-0.25, -0.2) is 0 Å². The molecule has 3 rings (SSSR count). The van der Waals surface area contributed by atoms with Gasteiger partial charge in [0.1, 0.15) is 5.75 Å². The van der Waals surface area contributed by atoms with Gasteiger partial charge in [0, 0.05) is 11.5 Å². The minimum atomic E-state index is -0.000156.